The third kappa shape index (κ3) is 1.82. The number of benzene rings is 1. The fraction of sp³-hybridized carbons (Fsp3) is 0. The lowest BCUT2D eigenvalue weighted by atomic mass is 10.2. The minimum atomic E-state index is -0.354. The van der Waals surface area contributed by atoms with Gasteiger partial charge in [0.25, 0.3) is 0 Å². The van der Waals surface area contributed by atoms with Crippen LogP contribution in [0.4, 0.5) is 0 Å². The highest BCUT2D eigenvalue weighted by Gasteiger charge is 2.06. The Hall–Kier alpha value is -2.03. The normalized spacial score (nSPS) is 9.71. The predicted octanol–water partition coefficient (Wildman–Crippen LogP) is 2.23. The van der Waals surface area contributed by atoms with Crippen LogP contribution in [0.5, 0.6) is 5.88 Å². The lowest BCUT2D eigenvalue weighted by Crippen LogP contribution is -2.08. The number of esters is 1. The van der Waals surface area contributed by atoms with Crippen molar-refractivity contribution in [3.63, 3.8) is 0 Å². The highest BCUT2D eigenvalue weighted by Crippen LogP contribution is 2.08. The van der Waals surface area contributed by atoms with E-state index in [4.69, 9.17) is 4.74 Å². The van der Waals surface area contributed by atoms with Crippen LogP contribution in [-0.2, 0) is 0 Å². The van der Waals surface area contributed by atoms with Gasteiger partial charge >= 0.3 is 5.97 Å². The second-order valence-electron chi connectivity index (χ2n) is 2.79. The molecule has 0 aliphatic heterocycles. The zero-order valence-electron chi connectivity index (χ0n) is 7.44. The van der Waals surface area contributed by atoms with E-state index in [1.54, 1.807) is 42.6 Å². The summed E-state index contributed by atoms with van der Waals surface area (Å²) in [5.74, 6) is 0.104. The summed E-state index contributed by atoms with van der Waals surface area (Å²) in [6, 6.07) is 12.3. The van der Waals surface area contributed by atoms with Gasteiger partial charge in [0.05, 0.1) is 5.56 Å². The molecule has 0 unspecified atom stereocenters. The number of hydrogen-bond donors (Lipinski definition) is 1. The van der Waals surface area contributed by atoms with Crippen LogP contribution in [0, 0.1) is 0 Å². The Bertz CT molecular complexity index is 406. The number of carbonyl (C=O) groups excluding carboxylic acids is 1. The van der Waals surface area contributed by atoms with Crippen molar-refractivity contribution in [1.82, 2.24) is 4.98 Å². The summed E-state index contributed by atoms with van der Waals surface area (Å²) < 4.78 is 5.05. The molecule has 0 radical (unpaired) electrons. The van der Waals surface area contributed by atoms with E-state index in [0.717, 1.165) is 0 Å². The van der Waals surface area contributed by atoms with Crippen LogP contribution >= 0.6 is 0 Å². The first-order chi connectivity index (χ1) is 6.86. The Morgan fingerprint density at radius 1 is 1.07 bits per heavy atom. The fourth-order valence-corrected chi connectivity index (χ4v) is 1.11. The Labute approximate surface area is 81.3 Å². The van der Waals surface area contributed by atoms with Crippen molar-refractivity contribution in [2.45, 2.75) is 0 Å². The number of H-pyrrole nitrogens is 1. The van der Waals surface area contributed by atoms with Crippen LogP contribution in [0.25, 0.3) is 0 Å². The summed E-state index contributed by atoms with van der Waals surface area (Å²) in [4.78, 5) is 14.3. The monoisotopic (exact) mass is 187 g/mol. The van der Waals surface area contributed by atoms with Crippen molar-refractivity contribution in [2.75, 3.05) is 0 Å². The maximum Gasteiger partial charge on any atom is 0.344 e. The molecule has 3 heteroatoms. The van der Waals surface area contributed by atoms with Gasteiger partial charge in [-0.3, -0.25) is 0 Å². The predicted molar refractivity (Wildman–Crippen MR) is 52.2 cm³/mol. The van der Waals surface area contributed by atoms with Crippen LogP contribution in [-0.4, -0.2) is 11.0 Å². The van der Waals surface area contributed by atoms with Crippen LogP contribution < -0.4 is 4.74 Å². The molecule has 0 aliphatic carbocycles. The fourth-order valence-electron chi connectivity index (χ4n) is 1.11. The lowest BCUT2D eigenvalue weighted by molar-refractivity contribution is 0.0728. The standard InChI is InChI=1S/C11H9NO2/c13-11(9-5-2-1-3-6-9)14-10-7-4-8-12-10/h1-8,12H. The van der Waals surface area contributed by atoms with E-state index >= 15 is 0 Å². The number of hydrogen-bond acceptors (Lipinski definition) is 2. The number of carbonyl (C=O) groups is 1. The topological polar surface area (TPSA) is 42.1 Å². The third-order valence-electron chi connectivity index (χ3n) is 1.78. The Morgan fingerprint density at radius 3 is 2.50 bits per heavy atom. The first-order valence-corrected chi connectivity index (χ1v) is 4.27. The van der Waals surface area contributed by atoms with E-state index in [-0.39, 0.29) is 5.97 Å². The van der Waals surface area contributed by atoms with Crippen molar-refractivity contribution in [3.05, 3.63) is 54.2 Å². The number of aromatic nitrogens is 1. The molecule has 1 aromatic heterocycles. The van der Waals surface area contributed by atoms with Crippen molar-refractivity contribution in [1.29, 1.82) is 0 Å². The molecule has 0 aliphatic rings. The molecule has 2 aromatic rings. The average molecular weight is 187 g/mol. The van der Waals surface area contributed by atoms with E-state index in [1.807, 2.05) is 6.07 Å². The SMILES string of the molecule is O=C(Oc1ccc[nH]1)c1ccccc1. The van der Waals surface area contributed by atoms with E-state index in [0.29, 0.717) is 11.4 Å². The Kier molecular flexibility index (Phi) is 2.32. The Balaban J connectivity index is 2.11. The molecule has 0 spiro atoms. The summed E-state index contributed by atoms with van der Waals surface area (Å²) in [7, 11) is 0. The molecule has 1 heterocycles. The first kappa shape index (κ1) is 8.56. The lowest BCUT2D eigenvalue weighted by Gasteiger charge is -2.00. The van der Waals surface area contributed by atoms with Crippen LogP contribution in [0.3, 0.4) is 0 Å². The Morgan fingerprint density at radius 2 is 1.86 bits per heavy atom. The molecular weight excluding hydrogens is 178 g/mol. The van der Waals surface area contributed by atoms with Crippen molar-refractivity contribution in [3.8, 4) is 5.88 Å². The summed E-state index contributed by atoms with van der Waals surface area (Å²) in [5, 5.41) is 0. The zero-order chi connectivity index (χ0) is 9.80. The number of nitrogens with one attached hydrogen (secondary N) is 1. The number of ether oxygens (including phenoxy) is 1. The van der Waals surface area contributed by atoms with Crippen LogP contribution in [0.15, 0.2) is 48.7 Å². The van der Waals surface area contributed by atoms with Crippen molar-refractivity contribution in [2.24, 2.45) is 0 Å². The van der Waals surface area contributed by atoms with Gasteiger partial charge in [-0.25, -0.2) is 4.79 Å². The van der Waals surface area contributed by atoms with E-state index in [9.17, 15) is 4.79 Å². The zero-order valence-corrected chi connectivity index (χ0v) is 7.44. The number of aromatic amines is 1. The molecule has 70 valence electrons. The molecule has 14 heavy (non-hydrogen) atoms. The molecule has 3 nitrogen and oxygen atoms in total. The first-order valence-electron chi connectivity index (χ1n) is 4.27. The second kappa shape index (κ2) is 3.79. The minimum absolute atomic E-state index is 0.354. The molecule has 0 atom stereocenters. The van der Waals surface area contributed by atoms with Gasteiger partial charge in [0, 0.05) is 12.3 Å². The molecule has 1 N–H and O–H groups in total. The van der Waals surface area contributed by atoms with Crippen LogP contribution in [0.1, 0.15) is 10.4 Å². The molecule has 0 saturated carbocycles. The molecule has 0 saturated heterocycles. The summed E-state index contributed by atoms with van der Waals surface area (Å²) in [5.41, 5.74) is 0.544. The van der Waals surface area contributed by atoms with Gasteiger partial charge in [-0.2, -0.15) is 0 Å². The molecular formula is C11H9NO2. The average Bonchev–Trinajstić information content (AvgIpc) is 2.72. The molecule has 0 bridgehead atoms. The van der Waals surface area contributed by atoms with Crippen molar-refractivity contribution >= 4 is 5.97 Å². The highest BCUT2D eigenvalue weighted by atomic mass is 16.5. The molecule has 0 fully saturated rings. The summed E-state index contributed by atoms with van der Waals surface area (Å²) in [6.07, 6.45) is 1.70. The quantitative estimate of drug-likeness (QED) is 0.732. The van der Waals surface area contributed by atoms with Crippen LogP contribution in [0.2, 0.25) is 0 Å². The molecule has 0 amide bonds. The van der Waals surface area contributed by atoms with E-state index < -0.39 is 0 Å². The maximum atomic E-state index is 11.5. The van der Waals surface area contributed by atoms with Gasteiger partial charge in [-0.05, 0) is 18.2 Å². The van der Waals surface area contributed by atoms with E-state index in [2.05, 4.69) is 4.98 Å². The molecule has 1 aromatic carbocycles. The maximum absolute atomic E-state index is 11.5. The second-order valence-corrected chi connectivity index (χ2v) is 2.79. The highest BCUT2D eigenvalue weighted by molar-refractivity contribution is 5.90. The molecule has 2 rings (SSSR count). The summed E-state index contributed by atoms with van der Waals surface area (Å²) in [6.45, 7) is 0. The minimum Gasteiger partial charge on any atom is -0.406 e. The van der Waals surface area contributed by atoms with Crippen molar-refractivity contribution < 1.29 is 9.53 Å². The van der Waals surface area contributed by atoms with Gasteiger partial charge in [-0.1, -0.05) is 18.2 Å². The smallest absolute Gasteiger partial charge is 0.344 e. The largest absolute Gasteiger partial charge is 0.406 e. The van der Waals surface area contributed by atoms with Gasteiger partial charge in [-0.15, -0.1) is 0 Å². The number of rotatable bonds is 2. The summed E-state index contributed by atoms with van der Waals surface area (Å²) >= 11 is 0. The van der Waals surface area contributed by atoms with E-state index in [1.165, 1.54) is 0 Å². The van der Waals surface area contributed by atoms with Gasteiger partial charge in [0.1, 0.15) is 0 Å². The van der Waals surface area contributed by atoms with Gasteiger partial charge in [0.15, 0.2) is 0 Å². The third-order valence-corrected chi connectivity index (χ3v) is 1.78. The van der Waals surface area contributed by atoms with Gasteiger partial charge < -0.3 is 9.72 Å². The van der Waals surface area contributed by atoms with Gasteiger partial charge in [0.2, 0.25) is 5.88 Å².